The molecule has 1 aromatic rings. The van der Waals surface area contributed by atoms with Crippen LogP contribution in [0.1, 0.15) is 50.6 Å². The van der Waals surface area contributed by atoms with Crippen molar-refractivity contribution in [1.82, 2.24) is 5.32 Å². The largest absolute Gasteiger partial charge is 0.313 e. The Labute approximate surface area is 114 Å². The van der Waals surface area contributed by atoms with E-state index in [1.165, 1.54) is 31.4 Å². The van der Waals surface area contributed by atoms with Gasteiger partial charge in [0.1, 0.15) is 11.6 Å². The SMILES string of the molecule is CCC1CCCC(C(NC)c2cc(F)cc(F)c2)C1. The number of hydrogen-bond donors (Lipinski definition) is 1. The van der Waals surface area contributed by atoms with Crippen molar-refractivity contribution in [2.75, 3.05) is 7.05 Å². The Morgan fingerprint density at radius 1 is 1.21 bits per heavy atom. The highest BCUT2D eigenvalue weighted by atomic mass is 19.1. The monoisotopic (exact) mass is 267 g/mol. The van der Waals surface area contributed by atoms with Gasteiger partial charge in [0.25, 0.3) is 0 Å². The second-order valence-electron chi connectivity index (χ2n) is 5.67. The molecule has 0 radical (unpaired) electrons. The molecule has 1 aliphatic carbocycles. The van der Waals surface area contributed by atoms with Gasteiger partial charge < -0.3 is 5.32 Å². The van der Waals surface area contributed by atoms with Crippen LogP contribution in [0.15, 0.2) is 18.2 Å². The average Bonchev–Trinajstić information content (AvgIpc) is 2.39. The second-order valence-corrected chi connectivity index (χ2v) is 5.67. The fourth-order valence-electron chi connectivity index (χ4n) is 3.44. The summed E-state index contributed by atoms with van der Waals surface area (Å²) in [5, 5.41) is 3.25. The normalized spacial score (nSPS) is 25.3. The first kappa shape index (κ1) is 14.4. The lowest BCUT2D eigenvalue weighted by Crippen LogP contribution is -2.29. The predicted octanol–water partition coefficient (Wildman–Crippen LogP) is 4.44. The van der Waals surface area contributed by atoms with Gasteiger partial charge in [0.15, 0.2) is 0 Å². The third-order valence-corrected chi connectivity index (χ3v) is 4.43. The molecule has 0 spiro atoms. The molecule has 106 valence electrons. The van der Waals surface area contributed by atoms with Crippen molar-refractivity contribution >= 4 is 0 Å². The Kier molecular flexibility index (Phi) is 4.92. The van der Waals surface area contributed by atoms with Crippen LogP contribution in [-0.4, -0.2) is 7.05 Å². The standard InChI is InChI=1S/C16H23F2N/c1-3-11-5-4-6-12(7-11)16(19-2)13-8-14(17)10-15(18)9-13/h8-12,16,19H,3-7H2,1-2H3. The van der Waals surface area contributed by atoms with E-state index in [-0.39, 0.29) is 6.04 Å². The van der Waals surface area contributed by atoms with E-state index in [0.717, 1.165) is 30.4 Å². The Hall–Kier alpha value is -0.960. The lowest BCUT2D eigenvalue weighted by atomic mass is 9.75. The van der Waals surface area contributed by atoms with E-state index in [0.29, 0.717) is 5.92 Å². The minimum atomic E-state index is -0.488. The molecule has 2 rings (SSSR count). The topological polar surface area (TPSA) is 12.0 Å². The Balaban J connectivity index is 2.18. The van der Waals surface area contributed by atoms with Gasteiger partial charge in [-0.2, -0.15) is 0 Å². The van der Waals surface area contributed by atoms with Gasteiger partial charge in [0.05, 0.1) is 0 Å². The molecule has 3 unspecified atom stereocenters. The van der Waals surface area contributed by atoms with Crippen LogP contribution >= 0.6 is 0 Å². The maximum Gasteiger partial charge on any atom is 0.126 e. The maximum atomic E-state index is 13.4. The second kappa shape index (κ2) is 6.47. The van der Waals surface area contributed by atoms with Gasteiger partial charge >= 0.3 is 0 Å². The number of hydrogen-bond acceptors (Lipinski definition) is 1. The van der Waals surface area contributed by atoms with Crippen molar-refractivity contribution in [3.63, 3.8) is 0 Å². The molecule has 0 aliphatic heterocycles. The van der Waals surface area contributed by atoms with E-state index in [1.807, 2.05) is 7.05 Å². The molecule has 0 saturated heterocycles. The highest BCUT2D eigenvalue weighted by Gasteiger charge is 2.28. The molecule has 0 heterocycles. The molecule has 1 saturated carbocycles. The van der Waals surface area contributed by atoms with E-state index < -0.39 is 11.6 Å². The summed E-state index contributed by atoms with van der Waals surface area (Å²) in [5.41, 5.74) is 0.738. The first-order chi connectivity index (χ1) is 9.13. The molecule has 1 nitrogen and oxygen atoms in total. The summed E-state index contributed by atoms with van der Waals surface area (Å²) >= 11 is 0. The highest BCUT2D eigenvalue weighted by Crippen LogP contribution is 2.38. The molecule has 1 N–H and O–H groups in total. The molecule has 3 heteroatoms. The lowest BCUT2D eigenvalue weighted by molar-refractivity contribution is 0.214. The van der Waals surface area contributed by atoms with Crippen LogP contribution in [0.2, 0.25) is 0 Å². The average molecular weight is 267 g/mol. The summed E-state index contributed by atoms with van der Waals surface area (Å²) in [4.78, 5) is 0. The van der Waals surface area contributed by atoms with Crippen molar-refractivity contribution in [1.29, 1.82) is 0 Å². The fraction of sp³-hybridized carbons (Fsp3) is 0.625. The van der Waals surface area contributed by atoms with Crippen LogP contribution in [0.25, 0.3) is 0 Å². The zero-order valence-corrected chi connectivity index (χ0v) is 11.8. The van der Waals surface area contributed by atoms with Crippen LogP contribution < -0.4 is 5.32 Å². The molecular weight excluding hydrogens is 244 g/mol. The summed E-state index contributed by atoms with van der Waals surface area (Å²) in [7, 11) is 1.88. The van der Waals surface area contributed by atoms with E-state index in [9.17, 15) is 8.78 Å². The van der Waals surface area contributed by atoms with Gasteiger partial charge in [-0.3, -0.25) is 0 Å². The number of benzene rings is 1. The molecule has 0 bridgehead atoms. The summed E-state index contributed by atoms with van der Waals surface area (Å²) in [6.45, 7) is 2.23. The molecule has 0 amide bonds. The van der Waals surface area contributed by atoms with Crippen LogP contribution in [0, 0.1) is 23.5 Å². The Morgan fingerprint density at radius 3 is 2.47 bits per heavy atom. The van der Waals surface area contributed by atoms with E-state index in [2.05, 4.69) is 12.2 Å². The predicted molar refractivity (Wildman–Crippen MR) is 73.9 cm³/mol. The third-order valence-electron chi connectivity index (χ3n) is 4.43. The van der Waals surface area contributed by atoms with E-state index >= 15 is 0 Å². The molecule has 3 atom stereocenters. The van der Waals surface area contributed by atoms with Crippen LogP contribution in [0.5, 0.6) is 0 Å². The van der Waals surface area contributed by atoms with Crippen molar-refractivity contribution in [2.24, 2.45) is 11.8 Å². The zero-order chi connectivity index (χ0) is 13.8. The zero-order valence-electron chi connectivity index (χ0n) is 11.8. The van der Waals surface area contributed by atoms with E-state index in [1.54, 1.807) is 0 Å². The van der Waals surface area contributed by atoms with Gasteiger partial charge in [-0.05, 0) is 49.4 Å². The minimum absolute atomic E-state index is 0.0551. The van der Waals surface area contributed by atoms with Crippen LogP contribution in [0.4, 0.5) is 8.78 Å². The van der Waals surface area contributed by atoms with Gasteiger partial charge in [0.2, 0.25) is 0 Å². The molecular formula is C16H23F2N. The number of rotatable bonds is 4. The molecule has 19 heavy (non-hydrogen) atoms. The molecule has 0 aromatic heterocycles. The molecule has 1 fully saturated rings. The first-order valence-electron chi connectivity index (χ1n) is 7.27. The van der Waals surface area contributed by atoms with Crippen molar-refractivity contribution in [2.45, 2.75) is 45.1 Å². The highest BCUT2D eigenvalue weighted by molar-refractivity contribution is 5.22. The quantitative estimate of drug-likeness (QED) is 0.850. The smallest absolute Gasteiger partial charge is 0.126 e. The van der Waals surface area contributed by atoms with Crippen molar-refractivity contribution < 1.29 is 8.78 Å². The first-order valence-corrected chi connectivity index (χ1v) is 7.27. The van der Waals surface area contributed by atoms with Crippen molar-refractivity contribution in [3.8, 4) is 0 Å². The maximum absolute atomic E-state index is 13.4. The summed E-state index contributed by atoms with van der Waals surface area (Å²) in [5.74, 6) is 0.258. The summed E-state index contributed by atoms with van der Waals surface area (Å²) in [6, 6.07) is 3.91. The number of halogens is 2. The Bertz CT molecular complexity index is 399. The summed E-state index contributed by atoms with van der Waals surface area (Å²) < 4.78 is 26.7. The van der Waals surface area contributed by atoms with Gasteiger partial charge in [0, 0.05) is 12.1 Å². The van der Waals surface area contributed by atoms with Gasteiger partial charge in [-0.15, -0.1) is 0 Å². The van der Waals surface area contributed by atoms with Gasteiger partial charge in [-0.1, -0.05) is 26.2 Å². The van der Waals surface area contributed by atoms with Crippen molar-refractivity contribution in [3.05, 3.63) is 35.4 Å². The fourth-order valence-corrected chi connectivity index (χ4v) is 3.44. The molecule has 1 aliphatic rings. The van der Waals surface area contributed by atoms with E-state index in [4.69, 9.17) is 0 Å². The minimum Gasteiger partial charge on any atom is -0.313 e. The van der Waals surface area contributed by atoms with Gasteiger partial charge in [-0.25, -0.2) is 8.78 Å². The van der Waals surface area contributed by atoms with Crippen LogP contribution in [0.3, 0.4) is 0 Å². The van der Waals surface area contributed by atoms with Crippen LogP contribution in [-0.2, 0) is 0 Å². The molecule has 1 aromatic carbocycles. The number of nitrogens with one attached hydrogen (secondary N) is 1. The summed E-state index contributed by atoms with van der Waals surface area (Å²) in [6.07, 6.45) is 6.00. The Morgan fingerprint density at radius 2 is 1.89 bits per heavy atom. The lowest BCUT2D eigenvalue weighted by Gasteiger charge is -2.34. The third kappa shape index (κ3) is 3.53.